The molecule has 0 saturated carbocycles. The molecule has 26 heavy (non-hydrogen) atoms. The molecule has 0 atom stereocenters. The van der Waals surface area contributed by atoms with E-state index in [0.29, 0.717) is 30.2 Å². The van der Waals surface area contributed by atoms with Crippen LogP contribution in [-0.4, -0.2) is 61.3 Å². The van der Waals surface area contributed by atoms with Crippen LogP contribution in [0.4, 0.5) is 0 Å². The number of methoxy groups -OCH3 is 2. The van der Waals surface area contributed by atoms with E-state index in [9.17, 15) is 4.79 Å². The van der Waals surface area contributed by atoms with Gasteiger partial charge in [-0.15, -0.1) is 0 Å². The van der Waals surface area contributed by atoms with Crippen LogP contribution in [0.3, 0.4) is 0 Å². The molecule has 7 heteroatoms. The van der Waals surface area contributed by atoms with Crippen molar-refractivity contribution in [3.8, 4) is 11.5 Å². The number of hydrogen-bond donors (Lipinski definition) is 0. The van der Waals surface area contributed by atoms with Crippen LogP contribution in [0.25, 0.3) is 0 Å². The third-order valence-corrected chi connectivity index (χ3v) is 4.58. The number of aromatic nitrogens is 1. The molecule has 1 aliphatic heterocycles. The molecule has 140 valence electrons. The average molecular weight is 359 g/mol. The van der Waals surface area contributed by atoms with Gasteiger partial charge in [-0.05, 0) is 25.5 Å². The van der Waals surface area contributed by atoms with Gasteiger partial charge < -0.3 is 18.9 Å². The van der Waals surface area contributed by atoms with Crippen LogP contribution in [0, 0.1) is 6.92 Å². The maximum atomic E-state index is 13.1. The summed E-state index contributed by atoms with van der Waals surface area (Å²) in [5, 5.41) is 4.06. The Morgan fingerprint density at radius 1 is 1.15 bits per heavy atom. The lowest BCUT2D eigenvalue weighted by molar-refractivity contribution is 0.0754. The summed E-state index contributed by atoms with van der Waals surface area (Å²) in [7, 11) is 3.13. The molecule has 2 aromatic rings. The molecule has 0 spiro atoms. The zero-order valence-electron chi connectivity index (χ0n) is 15.5. The highest BCUT2D eigenvalue weighted by molar-refractivity contribution is 5.99. The predicted octanol–water partition coefficient (Wildman–Crippen LogP) is 2.35. The normalized spacial score (nSPS) is 15.6. The first-order valence-corrected chi connectivity index (χ1v) is 8.77. The molecule has 7 nitrogen and oxygen atoms in total. The van der Waals surface area contributed by atoms with Crippen molar-refractivity contribution in [3.63, 3.8) is 0 Å². The molecular weight excluding hydrogens is 334 g/mol. The minimum Gasteiger partial charge on any atom is -0.496 e. The smallest absolute Gasteiger partial charge is 0.261 e. The van der Waals surface area contributed by atoms with Crippen molar-refractivity contribution in [1.29, 1.82) is 0 Å². The number of hydrogen-bond acceptors (Lipinski definition) is 6. The fourth-order valence-electron chi connectivity index (χ4n) is 3.27. The molecular formula is C19H25N3O4. The third-order valence-electron chi connectivity index (χ3n) is 4.58. The van der Waals surface area contributed by atoms with Crippen LogP contribution in [0.2, 0.25) is 0 Å². The summed E-state index contributed by atoms with van der Waals surface area (Å²) in [6.45, 7) is 5.68. The second-order valence-corrected chi connectivity index (χ2v) is 6.39. The maximum Gasteiger partial charge on any atom is 0.261 e. The highest BCUT2D eigenvalue weighted by Crippen LogP contribution is 2.29. The molecule has 0 unspecified atom stereocenters. The van der Waals surface area contributed by atoms with E-state index in [4.69, 9.17) is 14.0 Å². The lowest BCUT2D eigenvalue weighted by Gasteiger charge is -2.23. The highest BCUT2D eigenvalue weighted by Gasteiger charge is 2.26. The number of ether oxygens (including phenoxy) is 2. The van der Waals surface area contributed by atoms with Crippen molar-refractivity contribution in [3.05, 3.63) is 41.3 Å². The Morgan fingerprint density at radius 3 is 2.50 bits per heavy atom. The fraction of sp³-hybridized carbons (Fsp3) is 0.474. The van der Waals surface area contributed by atoms with Crippen molar-refractivity contribution in [2.75, 3.05) is 40.4 Å². The standard InChI is InChI=1S/C19H25N3O4/c1-14-12-15(20-26-14)13-21-8-5-9-22(11-10-21)19(23)18-16(24-2)6-4-7-17(18)25-3/h4,6-7,12H,5,8-11,13H2,1-3H3. The van der Waals surface area contributed by atoms with E-state index in [1.807, 2.05) is 24.0 Å². The van der Waals surface area contributed by atoms with Gasteiger partial charge in [0, 0.05) is 38.8 Å². The van der Waals surface area contributed by atoms with E-state index in [-0.39, 0.29) is 5.91 Å². The van der Waals surface area contributed by atoms with Crippen molar-refractivity contribution in [2.45, 2.75) is 19.9 Å². The summed E-state index contributed by atoms with van der Waals surface area (Å²) < 4.78 is 15.9. The van der Waals surface area contributed by atoms with Gasteiger partial charge in [0.2, 0.25) is 0 Å². The van der Waals surface area contributed by atoms with Gasteiger partial charge in [-0.25, -0.2) is 0 Å². The highest BCUT2D eigenvalue weighted by atomic mass is 16.5. The molecule has 0 N–H and O–H groups in total. The SMILES string of the molecule is COc1cccc(OC)c1C(=O)N1CCCN(Cc2cc(C)on2)CC1. The van der Waals surface area contributed by atoms with E-state index in [1.165, 1.54) is 0 Å². The molecule has 0 bridgehead atoms. The molecule has 1 aromatic heterocycles. The van der Waals surface area contributed by atoms with Crippen LogP contribution in [0.1, 0.15) is 28.2 Å². The Morgan fingerprint density at radius 2 is 1.88 bits per heavy atom. The zero-order chi connectivity index (χ0) is 18.5. The Hall–Kier alpha value is -2.54. The number of carbonyl (C=O) groups is 1. The van der Waals surface area contributed by atoms with Gasteiger partial charge in [-0.3, -0.25) is 9.69 Å². The van der Waals surface area contributed by atoms with Gasteiger partial charge in [-0.2, -0.15) is 0 Å². The summed E-state index contributed by atoms with van der Waals surface area (Å²) in [6, 6.07) is 7.34. The Bertz CT molecular complexity index is 737. The molecule has 0 aliphatic carbocycles. The Kier molecular flexibility index (Phi) is 5.78. The van der Waals surface area contributed by atoms with Crippen LogP contribution < -0.4 is 9.47 Å². The van der Waals surface area contributed by atoms with Gasteiger partial charge in [-0.1, -0.05) is 11.2 Å². The predicted molar refractivity (Wildman–Crippen MR) is 96.6 cm³/mol. The monoisotopic (exact) mass is 359 g/mol. The molecule has 1 saturated heterocycles. The van der Waals surface area contributed by atoms with Crippen LogP contribution >= 0.6 is 0 Å². The van der Waals surface area contributed by atoms with Crippen molar-refractivity contribution >= 4 is 5.91 Å². The summed E-state index contributed by atoms with van der Waals surface area (Å²) in [6.07, 6.45) is 0.903. The molecule has 1 amide bonds. The summed E-state index contributed by atoms with van der Waals surface area (Å²) >= 11 is 0. The number of aryl methyl sites for hydroxylation is 1. The molecule has 3 rings (SSSR count). The second-order valence-electron chi connectivity index (χ2n) is 6.39. The molecule has 1 fully saturated rings. The zero-order valence-corrected chi connectivity index (χ0v) is 15.5. The number of rotatable bonds is 5. The molecule has 1 aliphatic rings. The Balaban J connectivity index is 1.70. The van der Waals surface area contributed by atoms with Crippen molar-refractivity contribution in [2.24, 2.45) is 0 Å². The minimum absolute atomic E-state index is 0.0570. The third kappa shape index (κ3) is 3.99. The number of amides is 1. The van der Waals surface area contributed by atoms with Gasteiger partial charge in [0.1, 0.15) is 22.8 Å². The largest absolute Gasteiger partial charge is 0.496 e. The Labute approximate surface area is 153 Å². The summed E-state index contributed by atoms with van der Waals surface area (Å²) in [4.78, 5) is 17.3. The molecule has 2 heterocycles. The van der Waals surface area contributed by atoms with Crippen molar-refractivity contribution < 1.29 is 18.8 Å². The van der Waals surface area contributed by atoms with E-state index in [2.05, 4.69) is 10.1 Å². The topological polar surface area (TPSA) is 68.0 Å². The first-order valence-electron chi connectivity index (χ1n) is 8.77. The van der Waals surface area contributed by atoms with Crippen LogP contribution in [0.5, 0.6) is 11.5 Å². The second kappa shape index (κ2) is 8.23. The minimum atomic E-state index is -0.0570. The number of nitrogens with zero attached hydrogens (tertiary/aromatic N) is 3. The van der Waals surface area contributed by atoms with Gasteiger partial charge in [0.25, 0.3) is 5.91 Å². The summed E-state index contributed by atoms with van der Waals surface area (Å²) in [5.41, 5.74) is 1.41. The number of carbonyl (C=O) groups excluding carboxylic acids is 1. The van der Waals surface area contributed by atoms with Crippen LogP contribution in [0.15, 0.2) is 28.8 Å². The lowest BCUT2D eigenvalue weighted by atomic mass is 10.1. The first-order chi connectivity index (χ1) is 12.6. The maximum absolute atomic E-state index is 13.1. The van der Waals surface area contributed by atoms with E-state index in [1.54, 1.807) is 26.4 Å². The fourth-order valence-corrected chi connectivity index (χ4v) is 3.27. The van der Waals surface area contributed by atoms with E-state index in [0.717, 1.165) is 37.5 Å². The van der Waals surface area contributed by atoms with Crippen molar-refractivity contribution in [1.82, 2.24) is 15.0 Å². The molecule has 0 radical (unpaired) electrons. The quantitative estimate of drug-likeness (QED) is 0.816. The van der Waals surface area contributed by atoms with Gasteiger partial charge in [0.15, 0.2) is 0 Å². The van der Waals surface area contributed by atoms with Crippen LogP contribution in [-0.2, 0) is 6.54 Å². The lowest BCUT2D eigenvalue weighted by Crippen LogP contribution is -2.35. The van der Waals surface area contributed by atoms with Gasteiger partial charge in [0.05, 0.1) is 19.9 Å². The average Bonchev–Trinajstić information content (AvgIpc) is 2.92. The van der Waals surface area contributed by atoms with Gasteiger partial charge >= 0.3 is 0 Å². The number of benzene rings is 1. The molecule has 1 aromatic carbocycles. The van der Waals surface area contributed by atoms with E-state index >= 15 is 0 Å². The van der Waals surface area contributed by atoms with E-state index < -0.39 is 0 Å². The first kappa shape index (κ1) is 18.3. The summed E-state index contributed by atoms with van der Waals surface area (Å²) in [5.74, 6) is 1.83.